The van der Waals surface area contributed by atoms with Gasteiger partial charge in [-0.2, -0.15) is 0 Å². The molecule has 8 nitrogen and oxygen atoms in total. The number of nitro benzene ring substituents is 1. The van der Waals surface area contributed by atoms with Crippen LogP contribution in [0.5, 0.6) is 0 Å². The Bertz CT molecular complexity index is 1320. The summed E-state index contributed by atoms with van der Waals surface area (Å²) < 4.78 is 0. The van der Waals surface area contributed by atoms with Crippen LogP contribution in [-0.4, -0.2) is 25.8 Å². The van der Waals surface area contributed by atoms with E-state index in [1.807, 2.05) is 48.5 Å². The van der Waals surface area contributed by atoms with Gasteiger partial charge in [-0.15, -0.1) is 0 Å². The summed E-state index contributed by atoms with van der Waals surface area (Å²) in [5.41, 5.74) is 2.79. The molecule has 0 radical (unpaired) electrons. The average Bonchev–Trinajstić information content (AvgIpc) is 2.79. The molecular formula is C23H17N5O3. The number of amides is 2. The summed E-state index contributed by atoms with van der Waals surface area (Å²) in [4.78, 5) is 36.4. The molecule has 0 N–H and O–H groups in total. The zero-order valence-electron chi connectivity index (χ0n) is 16.4. The van der Waals surface area contributed by atoms with Crippen molar-refractivity contribution in [3.63, 3.8) is 0 Å². The van der Waals surface area contributed by atoms with Gasteiger partial charge in [0.25, 0.3) is 5.69 Å². The summed E-state index contributed by atoms with van der Waals surface area (Å²) in [5, 5.41) is 12.3. The summed E-state index contributed by atoms with van der Waals surface area (Å²) in [7, 11) is 0. The second-order valence-corrected chi connectivity index (χ2v) is 7.23. The molecule has 4 aromatic rings. The maximum atomic E-state index is 13.5. The predicted octanol–water partition coefficient (Wildman–Crippen LogP) is 4.81. The minimum Gasteiger partial charge on any atom is -0.314 e. The Morgan fingerprint density at radius 1 is 1.00 bits per heavy atom. The lowest BCUT2D eigenvalue weighted by atomic mass is 10.1. The molecule has 8 heteroatoms. The van der Waals surface area contributed by atoms with Crippen LogP contribution in [0.4, 0.5) is 22.0 Å². The maximum Gasteiger partial charge on any atom is 0.330 e. The number of rotatable bonds is 4. The Morgan fingerprint density at radius 3 is 2.74 bits per heavy atom. The molecule has 0 atom stereocenters. The van der Waals surface area contributed by atoms with Crippen LogP contribution in [0.25, 0.3) is 10.9 Å². The van der Waals surface area contributed by atoms with Crippen molar-refractivity contribution in [2.75, 3.05) is 4.90 Å². The van der Waals surface area contributed by atoms with Crippen molar-refractivity contribution < 1.29 is 9.72 Å². The van der Waals surface area contributed by atoms with Crippen molar-refractivity contribution in [1.82, 2.24) is 14.9 Å². The number of hydrogen-bond donors (Lipinski definition) is 0. The molecule has 0 aliphatic carbocycles. The van der Waals surface area contributed by atoms with E-state index >= 15 is 0 Å². The third kappa shape index (κ3) is 3.44. The number of anilines is 2. The predicted molar refractivity (Wildman–Crippen MR) is 116 cm³/mol. The van der Waals surface area contributed by atoms with Crippen molar-refractivity contribution in [2.24, 2.45) is 0 Å². The van der Waals surface area contributed by atoms with Crippen molar-refractivity contribution in [2.45, 2.75) is 13.1 Å². The molecule has 152 valence electrons. The summed E-state index contributed by atoms with van der Waals surface area (Å²) >= 11 is 0. The number of nitrogens with zero attached hydrogens (tertiary/aromatic N) is 5. The molecule has 1 aliphatic heterocycles. The molecule has 0 saturated heterocycles. The first-order valence-electron chi connectivity index (χ1n) is 9.72. The molecule has 0 fully saturated rings. The summed E-state index contributed by atoms with van der Waals surface area (Å²) in [5.74, 6) is 0.482. The SMILES string of the molecule is O=C1N(Cc2ccc3ccccc3n2)Cc2cccnc2N1c1cccc([N+](=O)[O-])c1. The summed E-state index contributed by atoms with van der Waals surface area (Å²) in [6.07, 6.45) is 1.61. The fourth-order valence-electron chi connectivity index (χ4n) is 3.75. The maximum absolute atomic E-state index is 13.5. The van der Waals surface area contributed by atoms with Gasteiger partial charge in [-0.25, -0.2) is 14.7 Å². The Labute approximate surface area is 177 Å². The Balaban J connectivity index is 1.53. The monoisotopic (exact) mass is 411 g/mol. The number of para-hydroxylation sites is 1. The second kappa shape index (κ2) is 7.49. The van der Waals surface area contributed by atoms with Crippen molar-refractivity contribution in [1.29, 1.82) is 0 Å². The highest BCUT2D eigenvalue weighted by molar-refractivity contribution is 6.01. The van der Waals surface area contributed by atoms with Gasteiger partial charge in [-0.1, -0.05) is 36.4 Å². The van der Waals surface area contributed by atoms with Gasteiger partial charge in [-0.3, -0.25) is 15.1 Å². The van der Waals surface area contributed by atoms with Crippen LogP contribution in [0, 0.1) is 10.1 Å². The van der Waals surface area contributed by atoms with E-state index in [4.69, 9.17) is 0 Å². The third-order valence-corrected chi connectivity index (χ3v) is 5.21. The van der Waals surface area contributed by atoms with E-state index in [2.05, 4.69) is 9.97 Å². The Morgan fingerprint density at radius 2 is 1.87 bits per heavy atom. The number of aromatic nitrogens is 2. The van der Waals surface area contributed by atoms with Crippen LogP contribution in [0.2, 0.25) is 0 Å². The number of benzene rings is 2. The van der Waals surface area contributed by atoms with Gasteiger partial charge >= 0.3 is 6.03 Å². The van der Waals surface area contributed by atoms with E-state index in [9.17, 15) is 14.9 Å². The van der Waals surface area contributed by atoms with Crippen molar-refractivity contribution in [3.05, 3.63) is 100 Å². The van der Waals surface area contributed by atoms with E-state index in [0.717, 1.165) is 22.2 Å². The van der Waals surface area contributed by atoms with Crippen LogP contribution < -0.4 is 4.90 Å². The molecular weight excluding hydrogens is 394 g/mol. The lowest BCUT2D eigenvalue weighted by Crippen LogP contribution is -2.44. The number of carbonyl (C=O) groups is 1. The molecule has 0 saturated carbocycles. The van der Waals surface area contributed by atoms with Gasteiger partial charge in [0.2, 0.25) is 0 Å². The quantitative estimate of drug-likeness (QED) is 0.355. The van der Waals surface area contributed by atoms with Gasteiger partial charge in [0.1, 0.15) is 5.82 Å². The van der Waals surface area contributed by atoms with Gasteiger partial charge in [0.05, 0.1) is 34.9 Å². The lowest BCUT2D eigenvalue weighted by molar-refractivity contribution is -0.384. The Hall–Kier alpha value is -4.33. The molecule has 2 aromatic carbocycles. The standard InChI is InChI=1S/C23H17N5O3/c29-23-26(15-18-11-10-16-5-1-2-9-21(16)25-18)14-17-6-4-12-24-22(17)27(23)19-7-3-8-20(13-19)28(30)31/h1-13H,14-15H2. The second-order valence-electron chi connectivity index (χ2n) is 7.23. The van der Waals surface area contributed by atoms with Gasteiger partial charge in [0.15, 0.2) is 0 Å². The van der Waals surface area contributed by atoms with Crippen LogP contribution >= 0.6 is 0 Å². The normalized spacial score (nSPS) is 13.4. The highest BCUT2D eigenvalue weighted by Gasteiger charge is 2.33. The minimum absolute atomic E-state index is 0.0869. The largest absolute Gasteiger partial charge is 0.330 e. The first-order chi connectivity index (χ1) is 15.1. The van der Waals surface area contributed by atoms with Gasteiger partial charge < -0.3 is 4.90 Å². The van der Waals surface area contributed by atoms with E-state index in [-0.39, 0.29) is 11.7 Å². The van der Waals surface area contributed by atoms with Gasteiger partial charge in [0, 0.05) is 29.3 Å². The molecule has 2 amide bonds. The molecule has 0 bridgehead atoms. The highest BCUT2D eigenvalue weighted by Crippen LogP contribution is 2.35. The number of carbonyl (C=O) groups excluding carboxylic acids is 1. The number of urea groups is 1. The molecule has 3 heterocycles. The fourth-order valence-corrected chi connectivity index (χ4v) is 3.75. The number of hydrogen-bond acceptors (Lipinski definition) is 5. The first-order valence-corrected chi connectivity index (χ1v) is 9.72. The minimum atomic E-state index is -0.478. The fraction of sp³-hybridized carbons (Fsp3) is 0.0870. The van der Waals surface area contributed by atoms with Crippen LogP contribution in [0.1, 0.15) is 11.3 Å². The summed E-state index contributed by atoms with van der Waals surface area (Å²) in [6, 6.07) is 21.1. The van der Waals surface area contributed by atoms with Gasteiger partial charge in [-0.05, 0) is 24.3 Å². The molecule has 0 unspecified atom stereocenters. The number of fused-ring (bicyclic) bond motifs is 2. The number of nitro groups is 1. The topological polar surface area (TPSA) is 92.5 Å². The number of non-ortho nitro benzene ring substituents is 1. The molecule has 2 aromatic heterocycles. The third-order valence-electron chi connectivity index (χ3n) is 5.21. The van der Waals surface area contributed by atoms with E-state index < -0.39 is 4.92 Å². The van der Waals surface area contributed by atoms with E-state index in [1.54, 1.807) is 23.2 Å². The smallest absolute Gasteiger partial charge is 0.314 e. The molecule has 31 heavy (non-hydrogen) atoms. The molecule has 5 rings (SSSR count). The van der Waals surface area contributed by atoms with Crippen LogP contribution in [0.3, 0.4) is 0 Å². The van der Waals surface area contributed by atoms with Crippen LogP contribution in [-0.2, 0) is 13.1 Å². The lowest BCUT2D eigenvalue weighted by Gasteiger charge is -2.35. The van der Waals surface area contributed by atoms with Crippen molar-refractivity contribution in [3.8, 4) is 0 Å². The number of pyridine rings is 2. The van der Waals surface area contributed by atoms with Crippen LogP contribution in [0.15, 0.2) is 79.0 Å². The average molecular weight is 411 g/mol. The molecule has 0 spiro atoms. The Kier molecular flexibility index (Phi) is 4.51. The van der Waals surface area contributed by atoms with E-state index in [1.165, 1.54) is 17.0 Å². The van der Waals surface area contributed by atoms with E-state index in [0.29, 0.717) is 24.6 Å². The molecule has 1 aliphatic rings. The highest BCUT2D eigenvalue weighted by atomic mass is 16.6. The first kappa shape index (κ1) is 18.7. The zero-order chi connectivity index (χ0) is 21.4. The van der Waals surface area contributed by atoms with Crippen molar-refractivity contribution >= 4 is 34.1 Å². The summed E-state index contributed by atoms with van der Waals surface area (Å²) in [6.45, 7) is 0.686. The zero-order valence-corrected chi connectivity index (χ0v) is 16.4.